The van der Waals surface area contributed by atoms with Gasteiger partial charge in [-0.1, -0.05) is 36.8 Å². The van der Waals surface area contributed by atoms with Crippen LogP contribution in [0.3, 0.4) is 0 Å². The van der Waals surface area contributed by atoms with Crippen molar-refractivity contribution in [3.63, 3.8) is 0 Å². The summed E-state index contributed by atoms with van der Waals surface area (Å²) in [6.45, 7) is 3.66. The van der Waals surface area contributed by atoms with Gasteiger partial charge in [-0.05, 0) is 32.8 Å². The topological polar surface area (TPSA) is 64.0 Å². The number of benzene rings is 1. The van der Waals surface area contributed by atoms with Crippen LogP contribution in [0.5, 0.6) is 0 Å². The van der Waals surface area contributed by atoms with E-state index in [1.54, 1.807) is 0 Å². The zero-order chi connectivity index (χ0) is 18.1. The van der Waals surface area contributed by atoms with Gasteiger partial charge in [-0.3, -0.25) is 0 Å². The first-order valence-electron chi connectivity index (χ1n) is 7.60. The summed E-state index contributed by atoms with van der Waals surface area (Å²) in [4.78, 5) is -0.187. The number of halogens is 2. The highest BCUT2D eigenvalue weighted by molar-refractivity contribution is 7.89. The zero-order valence-corrected chi connectivity index (χ0v) is 14.9. The molecule has 0 radical (unpaired) electrons. The van der Waals surface area contributed by atoms with Crippen molar-refractivity contribution in [1.29, 1.82) is 0 Å². The van der Waals surface area contributed by atoms with E-state index in [1.807, 2.05) is 38.1 Å². The van der Waals surface area contributed by atoms with Gasteiger partial charge in [0.1, 0.15) is 4.90 Å². The van der Waals surface area contributed by atoms with E-state index >= 15 is 0 Å². The molecule has 2 rings (SSSR count). The third-order valence-electron chi connectivity index (χ3n) is 3.90. The molecular weight excluding hydrogens is 336 g/mol. The number of alkyl halides is 2. The van der Waals surface area contributed by atoms with Gasteiger partial charge in [-0.25, -0.2) is 17.8 Å². The van der Waals surface area contributed by atoms with E-state index in [0.717, 1.165) is 11.1 Å². The van der Waals surface area contributed by atoms with Gasteiger partial charge in [-0.2, -0.15) is 13.9 Å². The van der Waals surface area contributed by atoms with Gasteiger partial charge in [0.05, 0.1) is 11.4 Å². The Morgan fingerprint density at radius 3 is 2.21 bits per heavy atom. The van der Waals surface area contributed by atoms with Crippen LogP contribution < -0.4 is 4.72 Å². The largest absolute Gasteiger partial charge is 0.333 e. The Labute approximate surface area is 140 Å². The van der Waals surface area contributed by atoms with Crippen LogP contribution >= 0.6 is 0 Å². The Morgan fingerprint density at radius 1 is 1.17 bits per heavy atom. The van der Waals surface area contributed by atoms with Crippen LogP contribution in [-0.2, 0) is 10.0 Å². The molecule has 8 heteroatoms. The molecular formula is C16H21F2N3O2S. The molecule has 0 saturated carbocycles. The molecule has 1 N–H and O–H groups in total. The van der Waals surface area contributed by atoms with Crippen LogP contribution in [0.15, 0.2) is 29.2 Å². The molecule has 0 spiro atoms. The lowest BCUT2D eigenvalue weighted by Gasteiger charge is -2.18. The second kappa shape index (κ2) is 6.98. The van der Waals surface area contributed by atoms with Gasteiger partial charge in [0, 0.05) is 6.04 Å². The van der Waals surface area contributed by atoms with Crippen LogP contribution in [0.2, 0.25) is 0 Å². The number of aryl methyl sites for hydroxylation is 2. The van der Waals surface area contributed by atoms with Crippen LogP contribution in [0.25, 0.3) is 0 Å². The maximum Gasteiger partial charge on any atom is 0.333 e. The fourth-order valence-corrected chi connectivity index (χ4v) is 4.37. The Hall–Kier alpha value is -1.80. The molecule has 2 aromatic rings. The van der Waals surface area contributed by atoms with Crippen molar-refractivity contribution < 1.29 is 17.2 Å². The summed E-state index contributed by atoms with van der Waals surface area (Å²) in [6.07, 6.45) is 0.531. The van der Waals surface area contributed by atoms with Crippen molar-refractivity contribution in [2.75, 3.05) is 0 Å². The normalized spacial score (nSPS) is 13.5. The quantitative estimate of drug-likeness (QED) is 0.858. The van der Waals surface area contributed by atoms with E-state index in [2.05, 4.69) is 9.82 Å². The molecule has 1 atom stereocenters. The Bertz CT molecular complexity index is 815. The van der Waals surface area contributed by atoms with Crippen molar-refractivity contribution in [3.8, 4) is 0 Å². The van der Waals surface area contributed by atoms with E-state index in [0.29, 0.717) is 11.1 Å². The average molecular weight is 357 g/mol. The van der Waals surface area contributed by atoms with E-state index in [9.17, 15) is 17.2 Å². The molecule has 0 fully saturated rings. The molecule has 1 heterocycles. The highest BCUT2D eigenvalue weighted by atomic mass is 32.2. The predicted octanol–water partition coefficient (Wildman–Crippen LogP) is 3.63. The summed E-state index contributed by atoms with van der Waals surface area (Å²) in [7, 11) is -3.97. The first-order chi connectivity index (χ1) is 11.2. The summed E-state index contributed by atoms with van der Waals surface area (Å²) in [6, 6.07) is 7.07. The first-order valence-corrected chi connectivity index (χ1v) is 9.08. The van der Waals surface area contributed by atoms with Crippen molar-refractivity contribution in [2.24, 2.45) is 0 Å². The van der Waals surface area contributed by atoms with Gasteiger partial charge in [0.15, 0.2) is 0 Å². The Balaban J connectivity index is 2.38. The molecule has 0 bridgehead atoms. The van der Waals surface area contributed by atoms with E-state index in [1.165, 1.54) is 13.8 Å². The lowest BCUT2D eigenvalue weighted by Crippen LogP contribution is -2.29. The summed E-state index contributed by atoms with van der Waals surface area (Å²) >= 11 is 0. The Kier molecular flexibility index (Phi) is 5.39. The van der Waals surface area contributed by atoms with Crippen molar-refractivity contribution in [2.45, 2.75) is 51.6 Å². The summed E-state index contributed by atoms with van der Waals surface area (Å²) < 4.78 is 54.3. The third kappa shape index (κ3) is 3.64. The molecule has 0 aliphatic carbocycles. The van der Waals surface area contributed by atoms with Gasteiger partial charge in [0.2, 0.25) is 10.0 Å². The monoisotopic (exact) mass is 357 g/mol. The van der Waals surface area contributed by atoms with Crippen molar-refractivity contribution in [1.82, 2.24) is 14.5 Å². The number of nitrogens with one attached hydrogen (secondary N) is 1. The highest BCUT2D eigenvalue weighted by Crippen LogP contribution is 2.26. The second-order valence-corrected chi connectivity index (χ2v) is 7.37. The minimum Gasteiger partial charge on any atom is -0.207 e. The summed E-state index contributed by atoms with van der Waals surface area (Å²) in [5, 5.41) is 3.64. The maximum absolute atomic E-state index is 12.9. The number of sulfonamides is 1. The molecule has 0 aliphatic rings. The molecule has 0 amide bonds. The number of rotatable bonds is 6. The van der Waals surface area contributed by atoms with Gasteiger partial charge >= 0.3 is 6.55 Å². The summed E-state index contributed by atoms with van der Waals surface area (Å²) in [5.74, 6) is 0. The van der Waals surface area contributed by atoms with E-state index < -0.39 is 22.6 Å². The number of aromatic nitrogens is 2. The standard InChI is InChI=1S/C16H21F2N3O2S/c1-5-14(13-8-6-10(2)7-9-13)20-24(22,23)15-11(3)19-21(12(15)4)16(17)18/h6-9,14,16,20H,5H2,1-4H3/t14-/m1/s1. The van der Waals surface area contributed by atoms with Gasteiger partial charge in [0.25, 0.3) is 0 Å². The van der Waals surface area contributed by atoms with Crippen LogP contribution in [0, 0.1) is 20.8 Å². The molecule has 5 nitrogen and oxygen atoms in total. The smallest absolute Gasteiger partial charge is 0.207 e. The molecule has 24 heavy (non-hydrogen) atoms. The lowest BCUT2D eigenvalue weighted by atomic mass is 10.0. The molecule has 1 aromatic heterocycles. The lowest BCUT2D eigenvalue weighted by molar-refractivity contribution is 0.0538. The van der Waals surface area contributed by atoms with Gasteiger partial charge < -0.3 is 0 Å². The molecule has 0 unspecified atom stereocenters. The van der Waals surface area contributed by atoms with Crippen LogP contribution in [-0.4, -0.2) is 18.2 Å². The molecule has 132 valence electrons. The van der Waals surface area contributed by atoms with Gasteiger partial charge in [-0.15, -0.1) is 0 Å². The number of hydrogen-bond donors (Lipinski definition) is 1. The number of nitrogens with zero attached hydrogens (tertiary/aromatic N) is 2. The fraction of sp³-hybridized carbons (Fsp3) is 0.438. The van der Waals surface area contributed by atoms with Crippen LogP contribution in [0.1, 0.15) is 48.5 Å². The summed E-state index contributed by atoms with van der Waals surface area (Å²) in [5.41, 5.74) is 1.87. The molecule has 0 aliphatic heterocycles. The minimum atomic E-state index is -3.97. The van der Waals surface area contributed by atoms with E-state index in [-0.39, 0.29) is 16.3 Å². The number of hydrogen-bond acceptors (Lipinski definition) is 3. The molecule has 1 aromatic carbocycles. The third-order valence-corrected chi connectivity index (χ3v) is 5.62. The van der Waals surface area contributed by atoms with Crippen molar-refractivity contribution in [3.05, 3.63) is 46.8 Å². The SMILES string of the molecule is CC[C@@H](NS(=O)(=O)c1c(C)nn(C(F)F)c1C)c1ccc(C)cc1. The average Bonchev–Trinajstić information content (AvgIpc) is 2.81. The molecule has 0 saturated heterocycles. The minimum absolute atomic E-state index is 0.0547. The first kappa shape index (κ1) is 18.5. The fourth-order valence-electron chi connectivity index (χ4n) is 2.66. The Morgan fingerprint density at radius 2 is 1.75 bits per heavy atom. The van der Waals surface area contributed by atoms with E-state index in [4.69, 9.17) is 0 Å². The predicted molar refractivity (Wildman–Crippen MR) is 87.5 cm³/mol. The second-order valence-electron chi connectivity index (χ2n) is 5.71. The van der Waals surface area contributed by atoms with Crippen LogP contribution in [0.4, 0.5) is 8.78 Å². The zero-order valence-electron chi connectivity index (χ0n) is 14.0. The highest BCUT2D eigenvalue weighted by Gasteiger charge is 2.29. The van der Waals surface area contributed by atoms with Crippen molar-refractivity contribution >= 4 is 10.0 Å². The maximum atomic E-state index is 12.9.